The number of nitrogens with zero attached hydrogens (tertiary/aromatic N) is 1. The Bertz CT molecular complexity index is 713. The van der Waals surface area contributed by atoms with Crippen molar-refractivity contribution < 1.29 is 18.7 Å². The van der Waals surface area contributed by atoms with Crippen LogP contribution in [0, 0.1) is 24.6 Å². The van der Waals surface area contributed by atoms with Crippen molar-refractivity contribution in [3.05, 3.63) is 35.1 Å². The Labute approximate surface area is 160 Å². The average Bonchev–Trinajstić information content (AvgIpc) is 3.30. The predicted octanol–water partition coefficient (Wildman–Crippen LogP) is 2.27. The second-order valence-corrected chi connectivity index (χ2v) is 8.19. The Hall–Kier alpha value is -1.50. The highest BCUT2D eigenvalue weighted by Gasteiger charge is 2.62. The minimum atomic E-state index is -0.111. The number of likely N-dealkylation sites (tertiary alicyclic amines) is 1. The molecule has 0 radical (unpaired) electrons. The van der Waals surface area contributed by atoms with Gasteiger partial charge >= 0.3 is 0 Å². The Balaban J connectivity index is 1.40. The summed E-state index contributed by atoms with van der Waals surface area (Å²) in [7, 11) is 0. The fourth-order valence-electron chi connectivity index (χ4n) is 5.23. The van der Waals surface area contributed by atoms with E-state index in [1.807, 2.05) is 32.0 Å². The van der Waals surface area contributed by atoms with Crippen molar-refractivity contribution in [3.8, 4) is 0 Å². The van der Waals surface area contributed by atoms with Crippen LogP contribution in [-0.2, 0) is 20.8 Å². The molecule has 1 spiro atoms. The second kappa shape index (κ2) is 7.49. The molecule has 2 bridgehead atoms. The molecule has 3 aliphatic rings. The molecule has 0 aromatic heterocycles. The summed E-state index contributed by atoms with van der Waals surface area (Å²) in [6.07, 6.45) is 2.36. The summed E-state index contributed by atoms with van der Waals surface area (Å²) in [6.45, 7) is 7.34. The van der Waals surface area contributed by atoms with Gasteiger partial charge in [-0.3, -0.25) is 9.69 Å². The smallest absolute Gasteiger partial charge is 0.246 e. The van der Waals surface area contributed by atoms with Gasteiger partial charge in [-0.1, -0.05) is 18.2 Å². The second-order valence-electron chi connectivity index (χ2n) is 8.19. The van der Waals surface area contributed by atoms with E-state index in [4.69, 9.17) is 9.47 Å². The van der Waals surface area contributed by atoms with Gasteiger partial charge in [0.2, 0.25) is 5.91 Å². The first kappa shape index (κ1) is 18.8. The van der Waals surface area contributed by atoms with E-state index < -0.39 is 0 Å². The molecule has 1 N–H and O–H groups in total. The van der Waals surface area contributed by atoms with Gasteiger partial charge in [-0.2, -0.15) is 0 Å². The maximum atomic E-state index is 14.4. The van der Waals surface area contributed by atoms with Gasteiger partial charge in [-0.05, 0) is 32.3 Å². The number of carbonyl (C=O) groups excluding carboxylic acids is 1. The van der Waals surface area contributed by atoms with Gasteiger partial charge in [-0.25, -0.2) is 4.39 Å². The molecule has 1 amide bonds. The van der Waals surface area contributed by atoms with Crippen molar-refractivity contribution in [3.63, 3.8) is 0 Å². The van der Waals surface area contributed by atoms with Crippen molar-refractivity contribution in [2.45, 2.75) is 44.9 Å². The number of nitrogens with one attached hydrogen (secondary N) is 1. The van der Waals surface area contributed by atoms with Crippen molar-refractivity contribution in [1.82, 2.24) is 10.2 Å². The summed E-state index contributed by atoms with van der Waals surface area (Å²) in [5.41, 5.74) is 1.33. The summed E-state index contributed by atoms with van der Waals surface area (Å²) in [6, 6.07) is 5.60. The zero-order chi connectivity index (χ0) is 19.0. The van der Waals surface area contributed by atoms with E-state index in [9.17, 15) is 9.18 Å². The number of fused-ring (bicyclic) bond motifs is 1. The van der Waals surface area contributed by atoms with Crippen LogP contribution in [0.5, 0.6) is 0 Å². The lowest BCUT2D eigenvalue weighted by Crippen LogP contribution is -2.42. The molecule has 0 unspecified atom stereocenters. The Kier molecular flexibility index (Phi) is 5.23. The van der Waals surface area contributed by atoms with Crippen LogP contribution in [-0.4, -0.2) is 55.4 Å². The SMILES string of the molecule is CCOCC(=O)NC[C@H]1[C@H]2CN(Cc3cccc(C)c3F)C[C@]23CC[C@H]1O3. The maximum Gasteiger partial charge on any atom is 0.246 e. The van der Waals surface area contributed by atoms with Gasteiger partial charge in [0.15, 0.2) is 0 Å². The topological polar surface area (TPSA) is 50.8 Å². The van der Waals surface area contributed by atoms with Crippen LogP contribution in [0.1, 0.15) is 30.9 Å². The normalized spacial score (nSPS) is 32.0. The molecule has 0 aliphatic carbocycles. The fraction of sp³-hybridized carbons (Fsp3) is 0.667. The van der Waals surface area contributed by atoms with Crippen LogP contribution in [0.25, 0.3) is 0 Å². The Morgan fingerprint density at radius 2 is 2.33 bits per heavy atom. The highest BCUT2D eigenvalue weighted by molar-refractivity contribution is 5.77. The first-order valence-corrected chi connectivity index (χ1v) is 10.0. The van der Waals surface area contributed by atoms with Crippen LogP contribution < -0.4 is 5.32 Å². The molecule has 0 saturated carbocycles. The quantitative estimate of drug-likeness (QED) is 0.793. The number of amides is 1. The fourth-order valence-corrected chi connectivity index (χ4v) is 5.23. The third kappa shape index (κ3) is 3.50. The number of benzene rings is 1. The van der Waals surface area contributed by atoms with Gasteiger partial charge in [0, 0.05) is 50.2 Å². The first-order valence-electron chi connectivity index (χ1n) is 10.0. The van der Waals surface area contributed by atoms with Crippen molar-refractivity contribution >= 4 is 5.91 Å². The van der Waals surface area contributed by atoms with Crippen molar-refractivity contribution in [2.24, 2.45) is 11.8 Å². The number of aryl methyl sites for hydroxylation is 1. The first-order chi connectivity index (χ1) is 13.0. The van der Waals surface area contributed by atoms with Gasteiger partial charge < -0.3 is 14.8 Å². The van der Waals surface area contributed by atoms with E-state index in [2.05, 4.69) is 10.2 Å². The van der Waals surface area contributed by atoms with Crippen LogP contribution in [0.2, 0.25) is 0 Å². The van der Waals surface area contributed by atoms with Gasteiger partial charge in [0.1, 0.15) is 12.4 Å². The molecule has 27 heavy (non-hydrogen) atoms. The summed E-state index contributed by atoms with van der Waals surface area (Å²) < 4.78 is 26.0. The predicted molar refractivity (Wildman–Crippen MR) is 99.7 cm³/mol. The average molecular weight is 376 g/mol. The van der Waals surface area contributed by atoms with Crippen molar-refractivity contribution in [1.29, 1.82) is 0 Å². The molecular formula is C21H29FN2O3. The van der Waals surface area contributed by atoms with Crippen molar-refractivity contribution in [2.75, 3.05) is 32.8 Å². The van der Waals surface area contributed by atoms with Crippen LogP contribution in [0.4, 0.5) is 4.39 Å². The standard InChI is InChI=1S/C21H29FN2O3/c1-3-26-12-19(25)23-9-16-17-11-24(13-21(17)8-7-18(16)27-21)10-15-6-4-5-14(2)20(15)22/h4-6,16-18H,3,7-13H2,1-2H3,(H,23,25)/t16-,17+,18+,21+/m0/s1. The lowest BCUT2D eigenvalue weighted by molar-refractivity contribution is -0.125. The molecule has 3 saturated heterocycles. The van der Waals surface area contributed by atoms with Gasteiger partial charge in [-0.15, -0.1) is 0 Å². The minimum Gasteiger partial charge on any atom is -0.372 e. The van der Waals surface area contributed by atoms with Crippen LogP contribution >= 0.6 is 0 Å². The Morgan fingerprint density at radius 1 is 1.48 bits per heavy atom. The molecule has 4 atom stereocenters. The number of ether oxygens (including phenoxy) is 2. The largest absolute Gasteiger partial charge is 0.372 e. The molecule has 3 fully saturated rings. The van der Waals surface area contributed by atoms with E-state index in [1.165, 1.54) is 0 Å². The van der Waals surface area contributed by atoms with Gasteiger partial charge in [0.05, 0.1) is 11.7 Å². The van der Waals surface area contributed by atoms with E-state index >= 15 is 0 Å². The van der Waals surface area contributed by atoms with E-state index in [-0.39, 0.29) is 30.0 Å². The lowest BCUT2D eigenvalue weighted by Gasteiger charge is -2.29. The minimum absolute atomic E-state index is 0.0645. The monoisotopic (exact) mass is 376 g/mol. The summed E-state index contributed by atoms with van der Waals surface area (Å²) >= 11 is 0. The molecule has 3 heterocycles. The lowest BCUT2D eigenvalue weighted by atomic mass is 9.73. The number of carbonyl (C=O) groups is 1. The third-order valence-electron chi connectivity index (χ3n) is 6.49. The summed E-state index contributed by atoms with van der Waals surface area (Å²) in [5.74, 6) is 0.565. The highest BCUT2D eigenvalue weighted by atomic mass is 19.1. The number of halogens is 1. The molecule has 4 rings (SSSR count). The van der Waals surface area contributed by atoms with E-state index in [1.54, 1.807) is 0 Å². The summed E-state index contributed by atoms with van der Waals surface area (Å²) in [5, 5.41) is 3.01. The number of hydrogen-bond donors (Lipinski definition) is 1. The molecule has 1 aromatic carbocycles. The molecule has 6 heteroatoms. The molecule has 3 aliphatic heterocycles. The molecule has 1 aromatic rings. The number of rotatable bonds is 7. The van der Waals surface area contributed by atoms with Crippen LogP contribution in [0.3, 0.4) is 0 Å². The molecular weight excluding hydrogens is 347 g/mol. The van der Waals surface area contributed by atoms with Gasteiger partial charge in [0.25, 0.3) is 0 Å². The number of hydrogen-bond acceptors (Lipinski definition) is 4. The van der Waals surface area contributed by atoms with Crippen LogP contribution in [0.15, 0.2) is 18.2 Å². The zero-order valence-corrected chi connectivity index (χ0v) is 16.2. The zero-order valence-electron chi connectivity index (χ0n) is 16.2. The third-order valence-corrected chi connectivity index (χ3v) is 6.49. The summed E-state index contributed by atoms with van der Waals surface area (Å²) in [4.78, 5) is 14.2. The maximum absolute atomic E-state index is 14.4. The van der Waals surface area contributed by atoms with E-state index in [0.29, 0.717) is 37.1 Å². The molecule has 5 nitrogen and oxygen atoms in total. The van der Waals surface area contributed by atoms with E-state index in [0.717, 1.165) is 31.5 Å². The highest BCUT2D eigenvalue weighted by Crippen LogP contribution is 2.54. The molecule has 148 valence electrons. The Morgan fingerprint density at radius 3 is 3.15 bits per heavy atom.